The van der Waals surface area contributed by atoms with E-state index in [1.807, 2.05) is 0 Å². The fourth-order valence-electron chi connectivity index (χ4n) is 2.74. The lowest BCUT2D eigenvalue weighted by Crippen LogP contribution is -2.46. The topological polar surface area (TPSA) is 73.5 Å². The Morgan fingerprint density at radius 2 is 1.96 bits per heavy atom. The van der Waals surface area contributed by atoms with E-state index in [-0.39, 0.29) is 24.4 Å². The van der Waals surface area contributed by atoms with Crippen LogP contribution in [0.1, 0.15) is 11.7 Å². The van der Waals surface area contributed by atoms with Gasteiger partial charge in [0, 0.05) is 25.9 Å². The first-order valence-electron chi connectivity index (χ1n) is 7.87. The van der Waals surface area contributed by atoms with Crippen LogP contribution >= 0.6 is 0 Å². The fraction of sp³-hybridized carbons (Fsp3) is 0.353. The van der Waals surface area contributed by atoms with Crippen molar-refractivity contribution >= 4 is 5.91 Å². The quantitative estimate of drug-likeness (QED) is 0.800. The zero-order chi connectivity index (χ0) is 18.0. The molecule has 1 amide bonds. The molecule has 1 aliphatic rings. The molecule has 1 atom stereocenters. The summed E-state index contributed by atoms with van der Waals surface area (Å²) in [7, 11) is 1.37. The van der Waals surface area contributed by atoms with Crippen molar-refractivity contribution in [1.29, 1.82) is 0 Å². The molecule has 0 unspecified atom stereocenters. The Hall–Kier alpha value is -2.74. The smallest absolute Gasteiger partial charge is 0.331 e. The van der Waals surface area contributed by atoms with Crippen molar-refractivity contribution in [3.8, 4) is 0 Å². The van der Waals surface area contributed by atoms with Gasteiger partial charge in [0.1, 0.15) is 18.5 Å². The number of aromatic nitrogens is 2. The normalized spacial score (nSPS) is 17.5. The molecular weight excluding hydrogens is 329 g/mol. The summed E-state index contributed by atoms with van der Waals surface area (Å²) in [6.07, 6.45) is 0.982. The van der Waals surface area contributed by atoms with Crippen LogP contribution < -0.4 is 11.2 Å². The number of nitrogens with zero attached hydrogens (tertiary/aromatic N) is 3. The first-order chi connectivity index (χ1) is 12.0. The molecule has 2 heterocycles. The van der Waals surface area contributed by atoms with Gasteiger partial charge < -0.3 is 9.64 Å². The summed E-state index contributed by atoms with van der Waals surface area (Å²) in [6, 6.07) is 7.21. The lowest BCUT2D eigenvalue weighted by atomic mass is 10.1. The molecule has 0 aliphatic carbocycles. The van der Waals surface area contributed by atoms with E-state index in [1.54, 1.807) is 17.0 Å². The van der Waals surface area contributed by atoms with Gasteiger partial charge in [-0.1, -0.05) is 12.1 Å². The van der Waals surface area contributed by atoms with E-state index >= 15 is 0 Å². The number of hydrogen-bond donors (Lipinski definition) is 0. The highest BCUT2D eigenvalue weighted by molar-refractivity contribution is 5.76. The molecular formula is C17H18FN3O4. The third-order valence-corrected chi connectivity index (χ3v) is 4.23. The largest absolute Gasteiger partial charge is 0.370 e. The second-order valence-electron chi connectivity index (χ2n) is 5.87. The van der Waals surface area contributed by atoms with Gasteiger partial charge in [-0.25, -0.2) is 9.18 Å². The Balaban J connectivity index is 1.72. The molecule has 132 valence electrons. The summed E-state index contributed by atoms with van der Waals surface area (Å²) in [5, 5.41) is 0. The minimum Gasteiger partial charge on any atom is -0.370 e. The van der Waals surface area contributed by atoms with Gasteiger partial charge in [-0.15, -0.1) is 0 Å². The number of hydrogen-bond acceptors (Lipinski definition) is 4. The van der Waals surface area contributed by atoms with Crippen molar-refractivity contribution < 1.29 is 13.9 Å². The van der Waals surface area contributed by atoms with Gasteiger partial charge in [0.05, 0.1) is 13.2 Å². The number of carbonyl (C=O) groups excluding carboxylic acids is 1. The molecule has 3 rings (SSSR count). The monoisotopic (exact) mass is 347 g/mol. The summed E-state index contributed by atoms with van der Waals surface area (Å²) in [4.78, 5) is 37.6. The summed E-state index contributed by atoms with van der Waals surface area (Å²) in [5.74, 6) is -0.572. The minimum absolute atomic E-state index is 0.150. The van der Waals surface area contributed by atoms with Crippen LogP contribution in [0.2, 0.25) is 0 Å². The molecule has 0 saturated carbocycles. The number of halogens is 1. The lowest BCUT2D eigenvalue weighted by Gasteiger charge is -2.33. The van der Waals surface area contributed by atoms with E-state index in [9.17, 15) is 18.8 Å². The van der Waals surface area contributed by atoms with Gasteiger partial charge in [-0.05, 0) is 17.7 Å². The Bertz CT molecular complexity index is 888. The van der Waals surface area contributed by atoms with Gasteiger partial charge in [0.25, 0.3) is 5.56 Å². The average molecular weight is 347 g/mol. The number of benzene rings is 1. The summed E-state index contributed by atoms with van der Waals surface area (Å²) < 4.78 is 20.9. The van der Waals surface area contributed by atoms with Crippen molar-refractivity contribution in [1.82, 2.24) is 14.0 Å². The number of amides is 1. The third kappa shape index (κ3) is 3.69. The molecule has 0 radical (unpaired) electrons. The van der Waals surface area contributed by atoms with Crippen molar-refractivity contribution in [2.75, 3.05) is 19.7 Å². The number of morpholine rings is 1. The van der Waals surface area contributed by atoms with Crippen molar-refractivity contribution in [2.45, 2.75) is 12.6 Å². The van der Waals surface area contributed by atoms with Crippen LogP contribution in [0.5, 0.6) is 0 Å². The van der Waals surface area contributed by atoms with Gasteiger partial charge in [-0.3, -0.25) is 18.7 Å². The average Bonchev–Trinajstić information content (AvgIpc) is 2.63. The van der Waals surface area contributed by atoms with E-state index in [0.29, 0.717) is 19.7 Å². The molecule has 0 bridgehead atoms. The van der Waals surface area contributed by atoms with Gasteiger partial charge >= 0.3 is 5.69 Å². The molecule has 1 saturated heterocycles. The van der Waals surface area contributed by atoms with Crippen molar-refractivity contribution in [2.24, 2.45) is 7.05 Å². The van der Waals surface area contributed by atoms with Crippen molar-refractivity contribution in [3.05, 3.63) is 68.7 Å². The molecule has 8 heteroatoms. The van der Waals surface area contributed by atoms with E-state index in [1.165, 1.54) is 36.0 Å². The molecule has 1 aromatic heterocycles. The molecule has 0 spiro atoms. The van der Waals surface area contributed by atoms with Crippen LogP contribution in [-0.2, 0) is 23.1 Å². The number of ether oxygens (including phenoxy) is 1. The summed E-state index contributed by atoms with van der Waals surface area (Å²) in [6.45, 7) is 0.946. The zero-order valence-corrected chi connectivity index (χ0v) is 13.7. The Labute approximate surface area is 142 Å². The molecule has 2 aromatic rings. The van der Waals surface area contributed by atoms with Crippen LogP contribution in [0.3, 0.4) is 0 Å². The molecule has 0 N–H and O–H groups in total. The minimum atomic E-state index is -0.538. The van der Waals surface area contributed by atoms with Gasteiger partial charge in [0.15, 0.2) is 0 Å². The second kappa shape index (κ2) is 7.02. The van der Waals surface area contributed by atoms with E-state index in [4.69, 9.17) is 4.74 Å². The summed E-state index contributed by atoms with van der Waals surface area (Å²) >= 11 is 0. The third-order valence-electron chi connectivity index (χ3n) is 4.23. The van der Waals surface area contributed by atoms with Gasteiger partial charge in [-0.2, -0.15) is 0 Å². The summed E-state index contributed by atoms with van der Waals surface area (Å²) in [5.41, 5.74) is -0.168. The SMILES string of the molecule is Cn1c(=O)ccn(CC(=O)N2CCO[C@H](c3ccc(F)cc3)C2)c1=O. The van der Waals surface area contributed by atoms with Crippen LogP contribution in [0.15, 0.2) is 46.1 Å². The number of rotatable bonds is 3. The first-order valence-corrected chi connectivity index (χ1v) is 7.87. The predicted octanol–water partition coefficient (Wildman–Crippen LogP) is 0.286. The van der Waals surface area contributed by atoms with E-state index in [2.05, 4.69) is 0 Å². The highest BCUT2D eigenvalue weighted by Gasteiger charge is 2.25. The highest BCUT2D eigenvalue weighted by Crippen LogP contribution is 2.22. The van der Waals surface area contributed by atoms with Gasteiger partial charge in [0.2, 0.25) is 5.91 Å². The Kier molecular flexibility index (Phi) is 4.80. The second-order valence-corrected chi connectivity index (χ2v) is 5.87. The van der Waals surface area contributed by atoms with Crippen LogP contribution in [0.4, 0.5) is 4.39 Å². The van der Waals surface area contributed by atoms with E-state index < -0.39 is 11.2 Å². The highest BCUT2D eigenvalue weighted by atomic mass is 19.1. The molecule has 1 fully saturated rings. The van der Waals surface area contributed by atoms with Crippen LogP contribution in [0.25, 0.3) is 0 Å². The van der Waals surface area contributed by atoms with Crippen LogP contribution in [0, 0.1) is 5.82 Å². The van der Waals surface area contributed by atoms with Crippen molar-refractivity contribution in [3.63, 3.8) is 0 Å². The molecule has 25 heavy (non-hydrogen) atoms. The van der Waals surface area contributed by atoms with E-state index in [0.717, 1.165) is 10.1 Å². The fourth-order valence-corrected chi connectivity index (χ4v) is 2.74. The molecule has 1 aliphatic heterocycles. The predicted molar refractivity (Wildman–Crippen MR) is 87.6 cm³/mol. The van der Waals surface area contributed by atoms with Crippen LogP contribution in [-0.4, -0.2) is 39.6 Å². The lowest BCUT2D eigenvalue weighted by molar-refractivity contribution is -0.139. The first kappa shape index (κ1) is 17.1. The maximum Gasteiger partial charge on any atom is 0.331 e. The molecule has 1 aromatic carbocycles. The molecule has 7 nitrogen and oxygen atoms in total. The maximum absolute atomic E-state index is 13.0. The Morgan fingerprint density at radius 3 is 2.68 bits per heavy atom. The number of carbonyl (C=O) groups is 1. The zero-order valence-electron chi connectivity index (χ0n) is 13.7. The standard InChI is InChI=1S/C17H18FN3O4/c1-19-15(22)6-7-21(17(19)24)11-16(23)20-8-9-25-14(10-20)12-2-4-13(18)5-3-12/h2-7,14H,8-11H2,1H3/t14-/m0/s1. The maximum atomic E-state index is 13.0. The Morgan fingerprint density at radius 1 is 1.24 bits per heavy atom.